The fourth-order valence-corrected chi connectivity index (χ4v) is 1.10. The quantitative estimate of drug-likeness (QED) is 0.623. The molecule has 4 N–H and O–H groups in total. The van der Waals surface area contributed by atoms with Gasteiger partial charge in [-0.1, -0.05) is 0 Å². The highest BCUT2D eigenvalue weighted by atomic mass is 16.7. The molecule has 0 aliphatic heterocycles. The molecular weight excluding hydrogens is 218 g/mol. The molecular formula is C9H7NO6. The molecule has 0 radical (unpaired) electrons. The fraction of sp³-hybridized carbons (Fsp3) is 0. The average Bonchev–Trinajstić information content (AvgIpc) is 2.26. The molecule has 0 fully saturated rings. The Morgan fingerprint density at radius 3 is 2.12 bits per heavy atom. The summed E-state index contributed by atoms with van der Waals surface area (Å²) in [5.41, 5.74) is -1.01. The number of rotatable bonds is 3. The Morgan fingerprint density at radius 2 is 1.69 bits per heavy atom. The molecule has 0 saturated carbocycles. The van der Waals surface area contributed by atoms with Crippen molar-refractivity contribution in [1.82, 2.24) is 0 Å². The molecule has 1 aromatic rings. The number of carboxylic acid groups (broad SMARTS) is 2. The van der Waals surface area contributed by atoms with Gasteiger partial charge in [0, 0.05) is 0 Å². The monoisotopic (exact) mass is 225 g/mol. The second-order valence-electron chi connectivity index (χ2n) is 2.78. The van der Waals surface area contributed by atoms with E-state index in [9.17, 15) is 14.4 Å². The van der Waals surface area contributed by atoms with E-state index < -0.39 is 23.5 Å². The van der Waals surface area contributed by atoms with Crippen LogP contribution in [0.1, 0.15) is 31.1 Å². The Labute approximate surface area is 89.0 Å². The first-order valence-corrected chi connectivity index (χ1v) is 3.99. The number of carboxylic acids is 2. The maximum atomic E-state index is 11.1. The lowest BCUT2D eigenvalue weighted by atomic mass is 10.0. The van der Waals surface area contributed by atoms with Crippen molar-refractivity contribution in [3.8, 4) is 0 Å². The van der Waals surface area contributed by atoms with Crippen molar-refractivity contribution in [3.05, 3.63) is 34.9 Å². The van der Waals surface area contributed by atoms with Crippen LogP contribution in [-0.4, -0.2) is 28.1 Å². The molecule has 7 heteroatoms. The summed E-state index contributed by atoms with van der Waals surface area (Å²) < 4.78 is 0. The minimum absolute atomic E-state index is 0.231. The van der Waals surface area contributed by atoms with Gasteiger partial charge >= 0.3 is 17.9 Å². The van der Waals surface area contributed by atoms with Crippen LogP contribution in [0, 0.1) is 0 Å². The Hall–Kier alpha value is -2.41. The molecule has 1 rings (SSSR count). The summed E-state index contributed by atoms with van der Waals surface area (Å²) in [6.07, 6.45) is 0. The lowest BCUT2D eigenvalue weighted by Crippen LogP contribution is -2.16. The van der Waals surface area contributed by atoms with E-state index in [-0.39, 0.29) is 11.1 Å². The number of aromatic carboxylic acids is 2. The van der Waals surface area contributed by atoms with Crippen molar-refractivity contribution >= 4 is 17.9 Å². The van der Waals surface area contributed by atoms with Crippen molar-refractivity contribution in [1.29, 1.82) is 0 Å². The summed E-state index contributed by atoms with van der Waals surface area (Å²) in [4.78, 5) is 36.3. The van der Waals surface area contributed by atoms with Crippen LogP contribution < -0.4 is 5.90 Å². The summed E-state index contributed by atoms with van der Waals surface area (Å²) in [6.45, 7) is 0. The summed E-state index contributed by atoms with van der Waals surface area (Å²) in [7, 11) is 0. The van der Waals surface area contributed by atoms with Crippen molar-refractivity contribution in [3.63, 3.8) is 0 Å². The van der Waals surface area contributed by atoms with Gasteiger partial charge in [0.25, 0.3) is 0 Å². The highest BCUT2D eigenvalue weighted by Gasteiger charge is 2.19. The Balaban J connectivity index is 3.38. The SMILES string of the molecule is NOC(=O)c1cc(C(=O)O)ccc1C(=O)O. The van der Waals surface area contributed by atoms with E-state index in [1.54, 1.807) is 0 Å². The smallest absolute Gasteiger partial charge is 0.357 e. The number of benzene rings is 1. The topological polar surface area (TPSA) is 127 Å². The largest absolute Gasteiger partial charge is 0.478 e. The fourth-order valence-electron chi connectivity index (χ4n) is 1.10. The van der Waals surface area contributed by atoms with Gasteiger partial charge in [-0.05, 0) is 18.2 Å². The molecule has 0 spiro atoms. The van der Waals surface area contributed by atoms with Gasteiger partial charge < -0.3 is 15.1 Å². The molecule has 0 aliphatic rings. The normalized spacial score (nSPS) is 9.56. The highest BCUT2D eigenvalue weighted by molar-refractivity contribution is 6.04. The number of hydrogen-bond donors (Lipinski definition) is 3. The molecule has 0 amide bonds. The standard InChI is InChI=1S/C9H7NO6/c10-16-9(15)6-3-4(7(11)12)1-2-5(6)8(13)14/h1-3H,10H2,(H,11,12)(H,13,14). The lowest BCUT2D eigenvalue weighted by molar-refractivity contribution is 0.0493. The van der Waals surface area contributed by atoms with Crippen LogP contribution in [0.5, 0.6) is 0 Å². The molecule has 0 atom stereocenters. The summed E-state index contributed by atoms with van der Waals surface area (Å²) in [6, 6.07) is 2.96. The van der Waals surface area contributed by atoms with Crippen LogP contribution in [0.25, 0.3) is 0 Å². The van der Waals surface area contributed by atoms with Crippen LogP contribution in [0.4, 0.5) is 0 Å². The van der Waals surface area contributed by atoms with E-state index in [2.05, 4.69) is 10.7 Å². The Bertz CT molecular complexity index is 467. The molecule has 7 nitrogen and oxygen atoms in total. The molecule has 0 heterocycles. The number of nitrogens with two attached hydrogens (primary N) is 1. The van der Waals surface area contributed by atoms with Gasteiger partial charge in [0.2, 0.25) is 0 Å². The molecule has 1 aromatic carbocycles. The van der Waals surface area contributed by atoms with Crippen LogP contribution in [0.2, 0.25) is 0 Å². The van der Waals surface area contributed by atoms with E-state index >= 15 is 0 Å². The van der Waals surface area contributed by atoms with Crippen molar-refractivity contribution in [2.45, 2.75) is 0 Å². The zero-order valence-electron chi connectivity index (χ0n) is 7.84. The zero-order chi connectivity index (χ0) is 12.3. The third-order valence-corrected chi connectivity index (χ3v) is 1.82. The number of carbonyl (C=O) groups excluding carboxylic acids is 1. The van der Waals surface area contributed by atoms with Gasteiger partial charge in [-0.15, -0.1) is 0 Å². The van der Waals surface area contributed by atoms with Gasteiger partial charge in [-0.3, -0.25) is 0 Å². The maximum Gasteiger partial charge on any atom is 0.357 e. The van der Waals surface area contributed by atoms with Gasteiger partial charge in [-0.25, -0.2) is 14.4 Å². The van der Waals surface area contributed by atoms with Crippen LogP contribution in [0.15, 0.2) is 18.2 Å². The van der Waals surface area contributed by atoms with Crippen molar-refractivity contribution in [2.75, 3.05) is 0 Å². The molecule has 0 saturated heterocycles. The minimum atomic E-state index is -1.38. The molecule has 0 aliphatic carbocycles. The van der Waals surface area contributed by atoms with E-state index in [0.717, 1.165) is 18.2 Å². The van der Waals surface area contributed by atoms with Crippen LogP contribution >= 0.6 is 0 Å². The van der Waals surface area contributed by atoms with E-state index in [4.69, 9.17) is 10.2 Å². The third-order valence-electron chi connectivity index (χ3n) is 1.82. The van der Waals surface area contributed by atoms with Crippen LogP contribution in [0.3, 0.4) is 0 Å². The zero-order valence-corrected chi connectivity index (χ0v) is 7.84. The van der Waals surface area contributed by atoms with E-state index in [1.165, 1.54) is 0 Å². The summed E-state index contributed by atoms with van der Waals surface area (Å²) in [5, 5.41) is 17.4. The first-order valence-electron chi connectivity index (χ1n) is 3.99. The second kappa shape index (κ2) is 4.41. The summed E-state index contributed by atoms with van der Waals surface area (Å²) >= 11 is 0. The third kappa shape index (κ3) is 2.15. The molecule has 84 valence electrons. The predicted octanol–water partition coefficient (Wildman–Crippen LogP) is 0.113. The van der Waals surface area contributed by atoms with Crippen molar-refractivity contribution < 1.29 is 29.4 Å². The Morgan fingerprint density at radius 1 is 1.06 bits per heavy atom. The lowest BCUT2D eigenvalue weighted by Gasteiger charge is -2.04. The number of hydrogen-bond acceptors (Lipinski definition) is 5. The molecule has 0 bridgehead atoms. The first kappa shape index (κ1) is 11.7. The van der Waals surface area contributed by atoms with Gasteiger partial charge in [0.1, 0.15) is 0 Å². The average molecular weight is 225 g/mol. The van der Waals surface area contributed by atoms with Gasteiger partial charge in [0.15, 0.2) is 0 Å². The highest BCUT2D eigenvalue weighted by Crippen LogP contribution is 2.13. The van der Waals surface area contributed by atoms with Crippen LogP contribution in [-0.2, 0) is 4.84 Å². The van der Waals surface area contributed by atoms with Gasteiger partial charge in [0.05, 0.1) is 16.7 Å². The van der Waals surface area contributed by atoms with Crippen molar-refractivity contribution in [2.24, 2.45) is 5.90 Å². The Kier molecular flexibility index (Phi) is 3.21. The maximum absolute atomic E-state index is 11.1. The minimum Gasteiger partial charge on any atom is -0.478 e. The van der Waals surface area contributed by atoms with E-state index in [1.807, 2.05) is 0 Å². The molecule has 16 heavy (non-hydrogen) atoms. The molecule has 0 aromatic heterocycles. The predicted molar refractivity (Wildman–Crippen MR) is 50.0 cm³/mol. The summed E-state index contributed by atoms with van der Waals surface area (Å²) in [5.74, 6) is 0.832. The first-order chi connectivity index (χ1) is 7.47. The second-order valence-corrected chi connectivity index (χ2v) is 2.78. The molecule has 0 unspecified atom stereocenters. The van der Waals surface area contributed by atoms with E-state index in [0.29, 0.717) is 0 Å². The van der Waals surface area contributed by atoms with Gasteiger partial charge in [-0.2, -0.15) is 5.90 Å². The number of carbonyl (C=O) groups is 3.